The SMILES string of the molecule is Cc1ccc(NS(=O)(=O)c2ccc(OCC(=O)Nc3c(F)cccc3F)c(C)c2)cc1C. The molecule has 168 valence electrons. The van der Waals surface area contributed by atoms with Gasteiger partial charge in [0.2, 0.25) is 0 Å². The van der Waals surface area contributed by atoms with Crippen LogP contribution in [-0.4, -0.2) is 20.9 Å². The molecule has 2 N–H and O–H groups in total. The van der Waals surface area contributed by atoms with Gasteiger partial charge < -0.3 is 10.1 Å². The first-order chi connectivity index (χ1) is 15.1. The van der Waals surface area contributed by atoms with E-state index in [1.54, 1.807) is 19.1 Å². The van der Waals surface area contributed by atoms with Crippen molar-refractivity contribution in [3.8, 4) is 5.75 Å². The van der Waals surface area contributed by atoms with Gasteiger partial charge in [-0.3, -0.25) is 9.52 Å². The Morgan fingerprint density at radius 3 is 2.22 bits per heavy atom. The van der Waals surface area contributed by atoms with Gasteiger partial charge in [-0.25, -0.2) is 17.2 Å². The molecule has 0 spiro atoms. The summed E-state index contributed by atoms with van der Waals surface area (Å²) in [5.74, 6) is -2.30. The average molecular weight is 461 g/mol. The second-order valence-corrected chi connectivity index (χ2v) is 8.95. The maximum Gasteiger partial charge on any atom is 0.262 e. The summed E-state index contributed by atoms with van der Waals surface area (Å²) in [5.41, 5.74) is 2.36. The molecule has 0 fully saturated rings. The fourth-order valence-electron chi connectivity index (χ4n) is 2.91. The minimum atomic E-state index is -3.83. The molecular formula is C23H22F2N2O4S. The number of rotatable bonds is 7. The van der Waals surface area contributed by atoms with Gasteiger partial charge in [0.25, 0.3) is 15.9 Å². The van der Waals surface area contributed by atoms with Crippen molar-refractivity contribution in [2.45, 2.75) is 25.7 Å². The van der Waals surface area contributed by atoms with Gasteiger partial charge in [-0.15, -0.1) is 0 Å². The molecule has 3 aromatic carbocycles. The standard InChI is InChI=1S/C23H22F2N2O4S/c1-14-7-8-17(11-15(14)2)27-32(29,30)18-9-10-21(16(3)12-18)31-13-22(28)26-23-19(24)5-4-6-20(23)25/h4-12,27H,13H2,1-3H3,(H,26,28). The zero-order chi connectivity index (χ0) is 23.5. The molecule has 0 aromatic heterocycles. The molecule has 0 aliphatic heterocycles. The summed E-state index contributed by atoms with van der Waals surface area (Å²) in [6.45, 7) is 4.93. The highest BCUT2D eigenvalue weighted by Gasteiger charge is 2.17. The minimum absolute atomic E-state index is 0.0263. The number of sulfonamides is 1. The molecule has 0 saturated heterocycles. The largest absolute Gasteiger partial charge is 0.483 e. The lowest BCUT2D eigenvalue weighted by Gasteiger charge is -2.13. The van der Waals surface area contributed by atoms with E-state index >= 15 is 0 Å². The van der Waals surface area contributed by atoms with E-state index in [4.69, 9.17) is 4.74 Å². The minimum Gasteiger partial charge on any atom is -0.483 e. The summed E-state index contributed by atoms with van der Waals surface area (Å²) >= 11 is 0. The van der Waals surface area contributed by atoms with Gasteiger partial charge in [-0.1, -0.05) is 12.1 Å². The smallest absolute Gasteiger partial charge is 0.262 e. The highest BCUT2D eigenvalue weighted by molar-refractivity contribution is 7.92. The Hall–Kier alpha value is -3.46. The predicted molar refractivity (Wildman–Crippen MR) is 118 cm³/mol. The Bertz CT molecular complexity index is 1260. The van der Waals surface area contributed by atoms with E-state index in [1.807, 2.05) is 19.9 Å². The third-order valence-electron chi connectivity index (χ3n) is 4.80. The van der Waals surface area contributed by atoms with E-state index < -0.39 is 39.9 Å². The Balaban J connectivity index is 1.68. The van der Waals surface area contributed by atoms with Crippen molar-refractivity contribution >= 4 is 27.3 Å². The fourth-order valence-corrected chi connectivity index (χ4v) is 4.04. The van der Waals surface area contributed by atoms with E-state index in [-0.39, 0.29) is 10.6 Å². The molecule has 6 nitrogen and oxygen atoms in total. The number of nitrogens with one attached hydrogen (secondary N) is 2. The first-order valence-corrected chi connectivity index (χ1v) is 11.1. The number of carbonyl (C=O) groups is 1. The summed E-state index contributed by atoms with van der Waals surface area (Å²) in [5, 5.41) is 2.12. The van der Waals surface area contributed by atoms with E-state index in [1.165, 1.54) is 24.3 Å². The normalized spacial score (nSPS) is 11.2. The molecule has 9 heteroatoms. The van der Waals surface area contributed by atoms with Gasteiger partial charge in [0, 0.05) is 5.69 Å². The topological polar surface area (TPSA) is 84.5 Å². The van der Waals surface area contributed by atoms with E-state index in [0.29, 0.717) is 11.3 Å². The van der Waals surface area contributed by atoms with Crippen LogP contribution in [0, 0.1) is 32.4 Å². The molecular weight excluding hydrogens is 438 g/mol. The molecule has 1 amide bonds. The highest BCUT2D eigenvalue weighted by atomic mass is 32.2. The van der Waals surface area contributed by atoms with Crippen molar-refractivity contribution in [2.24, 2.45) is 0 Å². The van der Waals surface area contributed by atoms with Crippen LogP contribution in [0.5, 0.6) is 5.75 Å². The van der Waals surface area contributed by atoms with E-state index in [9.17, 15) is 22.0 Å². The summed E-state index contributed by atoms with van der Waals surface area (Å²) in [7, 11) is -3.83. The number of ether oxygens (including phenoxy) is 1. The number of carbonyl (C=O) groups excluding carboxylic acids is 1. The first kappa shape index (κ1) is 23.2. The van der Waals surface area contributed by atoms with Gasteiger partial charge in [0.1, 0.15) is 23.1 Å². The van der Waals surface area contributed by atoms with Gasteiger partial charge >= 0.3 is 0 Å². The number of halogens is 2. The molecule has 0 atom stereocenters. The molecule has 0 radical (unpaired) electrons. The lowest BCUT2D eigenvalue weighted by molar-refractivity contribution is -0.118. The zero-order valence-electron chi connectivity index (χ0n) is 17.7. The van der Waals surface area contributed by atoms with Crippen LogP contribution in [0.1, 0.15) is 16.7 Å². The van der Waals surface area contributed by atoms with Crippen LogP contribution in [0.4, 0.5) is 20.2 Å². The fraction of sp³-hybridized carbons (Fsp3) is 0.174. The van der Waals surface area contributed by atoms with Gasteiger partial charge in [-0.05, 0) is 79.9 Å². The molecule has 0 saturated carbocycles. The molecule has 0 aliphatic carbocycles. The number of amides is 1. The quantitative estimate of drug-likeness (QED) is 0.535. The average Bonchev–Trinajstić information content (AvgIpc) is 2.72. The molecule has 0 unspecified atom stereocenters. The molecule has 3 rings (SSSR count). The molecule has 3 aromatic rings. The van der Waals surface area contributed by atoms with Crippen LogP contribution in [0.15, 0.2) is 59.5 Å². The number of para-hydroxylation sites is 1. The van der Waals surface area contributed by atoms with E-state index in [0.717, 1.165) is 23.3 Å². The lowest BCUT2D eigenvalue weighted by atomic mass is 10.1. The van der Waals surface area contributed by atoms with Crippen molar-refractivity contribution in [1.29, 1.82) is 0 Å². The number of anilines is 2. The number of aryl methyl sites for hydroxylation is 3. The third kappa shape index (κ3) is 5.42. The predicted octanol–water partition coefficient (Wildman–Crippen LogP) is 4.71. The van der Waals surface area contributed by atoms with Crippen molar-refractivity contribution < 1.29 is 26.7 Å². The van der Waals surface area contributed by atoms with Crippen LogP contribution in [0.3, 0.4) is 0 Å². The third-order valence-corrected chi connectivity index (χ3v) is 6.18. The summed E-state index contributed by atoms with van der Waals surface area (Å²) < 4.78 is 60.6. The molecule has 32 heavy (non-hydrogen) atoms. The summed E-state index contributed by atoms with van der Waals surface area (Å²) in [6, 6.07) is 12.7. The Morgan fingerprint density at radius 2 is 1.59 bits per heavy atom. The van der Waals surface area contributed by atoms with Crippen molar-refractivity contribution in [1.82, 2.24) is 0 Å². The van der Waals surface area contributed by atoms with Gasteiger partial charge in [0.15, 0.2) is 6.61 Å². The second-order valence-electron chi connectivity index (χ2n) is 7.27. The molecule has 0 heterocycles. The van der Waals surface area contributed by atoms with Gasteiger partial charge in [-0.2, -0.15) is 0 Å². The van der Waals surface area contributed by atoms with Crippen LogP contribution >= 0.6 is 0 Å². The second kappa shape index (κ2) is 9.35. The van der Waals surface area contributed by atoms with Crippen LogP contribution in [0.25, 0.3) is 0 Å². The number of hydrogen-bond donors (Lipinski definition) is 2. The van der Waals surface area contributed by atoms with Crippen molar-refractivity contribution in [3.05, 3.63) is 82.9 Å². The summed E-state index contributed by atoms with van der Waals surface area (Å²) in [6.07, 6.45) is 0. The van der Waals surface area contributed by atoms with Crippen molar-refractivity contribution in [3.63, 3.8) is 0 Å². The first-order valence-electron chi connectivity index (χ1n) is 9.64. The summed E-state index contributed by atoms with van der Waals surface area (Å²) in [4.78, 5) is 12.0. The van der Waals surface area contributed by atoms with Crippen LogP contribution in [-0.2, 0) is 14.8 Å². The van der Waals surface area contributed by atoms with Crippen molar-refractivity contribution in [2.75, 3.05) is 16.6 Å². The van der Waals surface area contributed by atoms with Crippen LogP contribution < -0.4 is 14.8 Å². The highest BCUT2D eigenvalue weighted by Crippen LogP contribution is 2.25. The molecule has 0 bridgehead atoms. The maximum atomic E-state index is 13.6. The molecule has 0 aliphatic rings. The Kier molecular flexibility index (Phi) is 6.78. The van der Waals surface area contributed by atoms with Gasteiger partial charge in [0.05, 0.1) is 4.90 Å². The lowest BCUT2D eigenvalue weighted by Crippen LogP contribution is -2.22. The number of hydrogen-bond acceptors (Lipinski definition) is 4. The van der Waals surface area contributed by atoms with Crippen LogP contribution in [0.2, 0.25) is 0 Å². The number of benzene rings is 3. The van der Waals surface area contributed by atoms with E-state index in [2.05, 4.69) is 10.0 Å². The monoisotopic (exact) mass is 460 g/mol. The Morgan fingerprint density at radius 1 is 0.906 bits per heavy atom. The Labute approximate surface area is 185 Å². The zero-order valence-corrected chi connectivity index (χ0v) is 18.5. The maximum absolute atomic E-state index is 13.6.